The molecule has 2 aliphatic heterocycles. The minimum atomic E-state index is -1.15. The maximum absolute atomic E-state index is 13.4. The lowest BCUT2D eigenvalue weighted by Crippen LogP contribution is -2.67. The fraction of sp³-hybridized carbons (Fsp3) is 0.826. The molecule has 0 amide bonds. The van der Waals surface area contributed by atoms with Crippen LogP contribution in [0.2, 0.25) is 0 Å². The number of cyclic esters (lactones) is 1. The van der Waals surface area contributed by atoms with Gasteiger partial charge in [-0.25, -0.2) is 4.79 Å². The number of esters is 2. The van der Waals surface area contributed by atoms with Gasteiger partial charge in [-0.1, -0.05) is 6.92 Å². The van der Waals surface area contributed by atoms with Crippen molar-refractivity contribution in [1.29, 1.82) is 0 Å². The predicted molar refractivity (Wildman–Crippen MR) is 101 cm³/mol. The number of rotatable bonds is 1. The number of carbonyl (C=O) groups is 2. The van der Waals surface area contributed by atoms with Gasteiger partial charge >= 0.3 is 11.9 Å². The van der Waals surface area contributed by atoms with Gasteiger partial charge in [0.1, 0.15) is 17.6 Å². The third-order valence-electron chi connectivity index (χ3n) is 10.1. The van der Waals surface area contributed by atoms with E-state index >= 15 is 0 Å². The van der Waals surface area contributed by atoms with Gasteiger partial charge in [0.2, 0.25) is 0 Å². The molecule has 158 valence electrons. The smallest absolute Gasteiger partial charge is 0.331 e. The Hall–Kier alpha value is -1.40. The molecule has 0 unspecified atom stereocenters. The zero-order valence-electron chi connectivity index (χ0n) is 17.0. The molecule has 1 saturated heterocycles. The van der Waals surface area contributed by atoms with Gasteiger partial charge in [-0.3, -0.25) is 4.79 Å². The molecule has 6 rings (SSSR count). The lowest BCUT2D eigenvalue weighted by atomic mass is 9.42. The topological polar surface area (TPSA) is 93.1 Å². The molecular formula is C23H30O6. The SMILES string of the molecule is C[C@]12CC[C@@H]3[C@]4(CC[C@@]5(O)C[C@@H](O)CC[C@@]35C(=O)O4)[C@H]1CC[C@H]2C1=CC(=O)OC1. The van der Waals surface area contributed by atoms with E-state index in [1.807, 2.05) is 0 Å². The van der Waals surface area contributed by atoms with Crippen LogP contribution in [0.15, 0.2) is 11.6 Å². The van der Waals surface area contributed by atoms with Gasteiger partial charge in [-0.2, -0.15) is 0 Å². The molecule has 6 aliphatic rings. The van der Waals surface area contributed by atoms with Crippen molar-refractivity contribution in [3.8, 4) is 0 Å². The van der Waals surface area contributed by atoms with Gasteiger partial charge in [0.25, 0.3) is 0 Å². The first-order valence-electron chi connectivity index (χ1n) is 11.3. The monoisotopic (exact) mass is 402 g/mol. The second-order valence-corrected chi connectivity index (χ2v) is 10.9. The van der Waals surface area contributed by atoms with Crippen molar-refractivity contribution in [2.45, 2.75) is 82.0 Å². The molecule has 2 heterocycles. The molecular weight excluding hydrogens is 372 g/mol. The molecule has 4 saturated carbocycles. The van der Waals surface area contributed by atoms with Crippen molar-refractivity contribution in [2.24, 2.45) is 28.6 Å². The highest BCUT2D eigenvalue weighted by atomic mass is 16.6. The summed E-state index contributed by atoms with van der Waals surface area (Å²) < 4.78 is 11.6. The lowest BCUT2D eigenvalue weighted by molar-refractivity contribution is -0.214. The molecule has 8 atom stereocenters. The van der Waals surface area contributed by atoms with E-state index in [-0.39, 0.29) is 35.6 Å². The first-order valence-corrected chi connectivity index (χ1v) is 11.3. The Morgan fingerprint density at radius 2 is 1.86 bits per heavy atom. The summed E-state index contributed by atoms with van der Waals surface area (Å²) in [4.78, 5) is 25.1. The van der Waals surface area contributed by atoms with E-state index in [9.17, 15) is 19.8 Å². The van der Waals surface area contributed by atoms with E-state index in [0.29, 0.717) is 38.2 Å². The Kier molecular flexibility index (Phi) is 3.45. The summed E-state index contributed by atoms with van der Waals surface area (Å²) in [5.41, 5.74) is -1.42. The van der Waals surface area contributed by atoms with E-state index in [2.05, 4.69) is 6.92 Å². The van der Waals surface area contributed by atoms with Crippen molar-refractivity contribution < 1.29 is 29.3 Å². The third-order valence-corrected chi connectivity index (χ3v) is 10.1. The first-order chi connectivity index (χ1) is 13.8. The zero-order chi connectivity index (χ0) is 20.2. The summed E-state index contributed by atoms with van der Waals surface area (Å²) in [5.74, 6) is 0.101. The van der Waals surface area contributed by atoms with Gasteiger partial charge < -0.3 is 19.7 Å². The average Bonchev–Trinajstić information content (AvgIpc) is 3.29. The molecule has 6 heteroatoms. The summed E-state index contributed by atoms with van der Waals surface area (Å²) in [6, 6.07) is 0. The number of hydrogen-bond donors (Lipinski definition) is 2. The summed E-state index contributed by atoms with van der Waals surface area (Å²) >= 11 is 0. The van der Waals surface area contributed by atoms with Gasteiger partial charge in [-0.05, 0) is 68.3 Å². The summed E-state index contributed by atoms with van der Waals surface area (Å²) in [7, 11) is 0. The van der Waals surface area contributed by atoms with Crippen LogP contribution in [0.5, 0.6) is 0 Å². The van der Waals surface area contributed by atoms with Crippen molar-refractivity contribution >= 4 is 11.9 Å². The highest BCUT2D eigenvalue weighted by Crippen LogP contribution is 2.74. The molecule has 0 aromatic rings. The fourth-order valence-electron chi connectivity index (χ4n) is 8.96. The van der Waals surface area contributed by atoms with Crippen LogP contribution in [0.3, 0.4) is 0 Å². The van der Waals surface area contributed by atoms with E-state index in [4.69, 9.17) is 9.47 Å². The summed E-state index contributed by atoms with van der Waals surface area (Å²) in [6.45, 7) is 2.71. The summed E-state index contributed by atoms with van der Waals surface area (Å²) in [6.07, 6.45) is 7.49. The minimum Gasteiger partial charge on any atom is -0.458 e. The Morgan fingerprint density at radius 1 is 1.03 bits per heavy atom. The van der Waals surface area contributed by atoms with Crippen LogP contribution in [0.1, 0.15) is 64.7 Å². The van der Waals surface area contributed by atoms with E-state index in [1.165, 1.54) is 0 Å². The number of hydrogen-bond acceptors (Lipinski definition) is 6. The molecule has 6 nitrogen and oxygen atoms in total. The maximum atomic E-state index is 13.4. The zero-order valence-corrected chi connectivity index (χ0v) is 17.0. The molecule has 1 spiro atoms. The molecule has 0 radical (unpaired) electrons. The van der Waals surface area contributed by atoms with Crippen LogP contribution in [0, 0.1) is 28.6 Å². The van der Waals surface area contributed by atoms with Crippen molar-refractivity contribution in [1.82, 2.24) is 0 Å². The standard InChI is InChI=1S/C23H30O6/c1-20-6-5-17-22-7-4-14(24)11-21(22,27)8-9-23(17,29-19(22)26)16(20)3-2-15(20)13-10-18(25)28-12-13/h10,14-17,24,27H,2-9,11-12H2,1H3/t14-,15-,16-,17-,20+,21+,22-,23-/m0/s1. The molecule has 4 aliphatic carbocycles. The van der Waals surface area contributed by atoms with Crippen molar-refractivity contribution in [3.05, 3.63) is 11.6 Å². The number of carbonyl (C=O) groups excluding carboxylic acids is 2. The van der Waals surface area contributed by atoms with Crippen LogP contribution >= 0.6 is 0 Å². The number of aliphatic hydroxyl groups is 2. The second-order valence-electron chi connectivity index (χ2n) is 10.9. The number of fused-ring (bicyclic) bond motifs is 1. The molecule has 2 bridgehead atoms. The number of ether oxygens (including phenoxy) is 2. The second kappa shape index (κ2) is 5.44. The lowest BCUT2D eigenvalue weighted by Gasteiger charge is -2.61. The Balaban J connectivity index is 1.41. The minimum absolute atomic E-state index is 0.0221. The highest BCUT2D eigenvalue weighted by Gasteiger charge is 2.80. The Morgan fingerprint density at radius 3 is 2.62 bits per heavy atom. The van der Waals surface area contributed by atoms with E-state index in [0.717, 1.165) is 31.3 Å². The van der Waals surface area contributed by atoms with Gasteiger partial charge in [0, 0.05) is 24.3 Å². The predicted octanol–water partition coefficient (Wildman–Crippen LogP) is 2.26. The molecule has 2 N–H and O–H groups in total. The van der Waals surface area contributed by atoms with Gasteiger partial charge in [-0.15, -0.1) is 0 Å². The van der Waals surface area contributed by atoms with Crippen molar-refractivity contribution in [3.63, 3.8) is 0 Å². The molecule has 5 fully saturated rings. The quantitative estimate of drug-likeness (QED) is 0.654. The maximum Gasteiger partial charge on any atom is 0.331 e. The van der Waals surface area contributed by atoms with Gasteiger partial charge in [0.15, 0.2) is 0 Å². The van der Waals surface area contributed by atoms with Crippen LogP contribution in [-0.4, -0.2) is 46.1 Å². The summed E-state index contributed by atoms with van der Waals surface area (Å²) in [5, 5.41) is 21.8. The van der Waals surface area contributed by atoms with Crippen LogP contribution in [0.4, 0.5) is 0 Å². The van der Waals surface area contributed by atoms with Crippen molar-refractivity contribution in [2.75, 3.05) is 6.61 Å². The van der Waals surface area contributed by atoms with Crippen LogP contribution in [-0.2, 0) is 19.1 Å². The first kappa shape index (κ1) is 18.4. The normalized spacial score (nSPS) is 55.5. The van der Waals surface area contributed by atoms with Crippen LogP contribution in [0.25, 0.3) is 0 Å². The highest BCUT2D eigenvalue weighted by molar-refractivity contribution is 5.85. The Labute approximate surface area is 170 Å². The third kappa shape index (κ3) is 1.96. The van der Waals surface area contributed by atoms with E-state index in [1.54, 1.807) is 6.08 Å². The number of aliphatic hydroxyl groups excluding tert-OH is 1. The average molecular weight is 402 g/mol. The molecule has 0 aromatic heterocycles. The van der Waals surface area contributed by atoms with Gasteiger partial charge in [0.05, 0.1) is 11.7 Å². The van der Waals surface area contributed by atoms with Crippen LogP contribution < -0.4 is 0 Å². The molecule has 0 aromatic carbocycles. The fourth-order valence-corrected chi connectivity index (χ4v) is 8.96. The Bertz CT molecular complexity index is 835. The van der Waals surface area contributed by atoms with E-state index < -0.39 is 22.7 Å². The molecule has 29 heavy (non-hydrogen) atoms. The largest absolute Gasteiger partial charge is 0.458 e.